The van der Waals surface area contributed by atoms with Gasteiger partial charge in [0.1, 0.15) is 5.52 Å². The summed E-state index contributed by atoms with van der Waals surface area (Å²) in [5.41, 5.74) is 2.20. The molecule has 2 aromatic rings. The van der Waals surface area contributed by atoms with Crippen molar-refractivity contribution in [2.75, 3.05) is 33.8 Å². The molecular weight excluding hydrogens is 306 g/mol. The fourth-order valence-corrected chi connectivity index (χ4v) is 3.31. The zero-order valence-electron chi connectivity index (χ0n) is 14.5. The largest absolute Gasteiger partial charge is 0.396 e. The first kappa shape index (κ1) is 16.9. The lowest BCUT2D eigenvalue weighted by molar-refractivity contribution is 0.0689. The van der Waals surface area contributed by atoms with Crippen LogP contribution in [0.1, 0.15) is 23.2 Å². The Morgan fingerprint density at radius 2 is 2.12 bits per heavy atom. The van der Waals surface area contributed by atoms with Crippen molar-refractivity contribution in [3.8, 4) is 0 Å². The smallest absolute Gasteiger partial charge is 0.255 e. The third-order valence-electron chi connectivity index (χ3n) is 4.94. The molecule has 0 saturated carbocycles. The van der Waals surface area contributed by atoms with Crippen LogP contribution in [-0.2, 0) is 7.05 Å². The van der Waals surface area contributed by atoms with Crippen LogP contribution in [0.2, 0.25) is 0 Å². The van der Waals surface area contributed by atoms with E-state index in [1.165, 1.54) is 0 Å². The molecule has 1 aliphatic heterocycles. The lowest BCUT2D eigenvalue weighted by Crippen LogP contribution is -2.42. The monoisotopic (exact) mass is 331 g/mol. The lowest BCUT2D eigenvalue weighted by atomic mass is 10.0. The van der Waals surface area contributed by atoms with E-state index in [-0.39, 0.29) is 18.4 Å². The molecule has 2 atom stereocenters. The molecule has 24 heavy (non-hydrogen) atoms. The van der Waals surface area contributed by atoms with E-state index in [1.54, 1.807) is 17.1 Å². The Hall–Kier alpha value is -1.99. The summed E-state index contributed by atoms with van der Waals surface area (Å²) in [6, 6.07) is 2.15. The van der Waals surface area contributed by atoms with Crippen molar-refractivity contribution in [1.29, 1.82) is 0 Å². The number of hydrogen-bond acceptors (Lipinski definition) is 5. The molecular formula is C17H25N5O2. The van der Waals surface area contributed by atoms with Crippen molar-refractivity contribution in [2.24, 2.45) is 13.0 Å². The molecule has 1 saturated heterocycles. The van der Waals surface area contributed by atoms with E-state index in [0.717, 1.165) is 23.9 Å². The summed E-state index contributed by atoms with van der Waals surface area (Å²) in [5.74, 6) is 0.102. The van der Waals surface area contributed by atoms with Gasteiger partial charge in [-0.15, -0.1) is 0 Å². The third kappa shape index (κ3) is 3.27. The molecule has 0 aliphatic carbocycles. The molecule has 1 amide bonds. The third-order valence-corrected chi connectivity index (χ3v) is 4.94. The first-order valence-corrected chi connectivity index (χ1v) is 8.34. The van der Waals surface area contributed by atoms with E-state index in [9.17, 15) is 9.90 Å². The minimum absolute atomic E-state index is 0.0298. The second kappa shape index (κ2) is 6.86. The van der Waals surface area contributed by atoms with Gasteiger partial charge in [0.2, 0.25) is 0 Å². The van der Waals surface area contributed by atoms with E-state index < -0.39 is 0 Å². The maximum atomic E-state index is 13.0. The van der Waals surface area contributed by atoms with Crippen LogP contribution in [-0.4, -0.2) is 75.4 Å². The fourth-order valence-electron chi connectivity index (χ4n) is 3.31. The van der Waals surface area contributed by atoms with Crippen molar-refractivity contribution in [1.82, 2.24) is 24.6 Å². The second-order valence-corrected chi connectivity index (χ2v) is 6.85. The Labute approximate surface area is 141 Å². The molecule has 3 heterocycles. The summed E-state index contributed by atoms with van der Waals surface area (Å²) >= 11 is 0. The summed E-state index contributed by atoms with van der Waals surface area (Å²) in [6.45, 7) is 1.37. The Morgan fingerprint density at radius 3 is 2.83 bits per heavy atom. The van der Waals surface area contributed by atoms with Gasteiger partial charge in [0, 0.05) is 39.0 Å². The number of amides is 1. The van der Waals surface area contributed by atoms with Crippen LogP contribution in [0.4, 0.5) is 0 Å². The van der Waals surface area contributed by atoms with E-state index in [2.05, 4.69) is 15.0 Å². The summed E-state index contributed by atoms with van der Waals surface area (Å²) < 4.78 is 1.72. The number of likely N-dealkylation sites (N-methyl/N-ethyl adjacent to an activating group) is 1. The number of nitrogens with zero attached hydrogens (tertiary/aromatic N) is 5. The SMILES string of the molecule is CN(C)[C@@H]1CC[C@H](CO)CN(C(=O)c2cnc3cnn(C)c3c2)C1. The molecule has 130 valence electrons. The van der Waals surface area contributed by atoms with Gasteiger partial charge >= 0.3 is 0 Å². The predicted octanol–water partition coefficient (Wildman–Crippen LogP) is 0.743. The van der Waals surface area contributed by atoms with Gasteiger partial charge in [0.25, 0.3) is 5.91 Å². The number of hydrogen-bond donors (Lipinski definition) is 1. The first-order valence-electron chi connectivity index (χ1n) is 8.34. The number of pyridine rings is 1. The topological polar surface area (TPSA) is 74.5 Å². The molecule has 0 aromatic carbocycles. The predicted molar refractivity (Wildman–Crippen MR) is 91.7 cm³/mol. The van der Waals surface area contributed by atoms with Crippen LogP contribution < -0.4 is 0 Å². The zero-order chi connectivity index (χ0) is 17.3. The standard InChI is InChI=1S/C17H25N5O2/c1-20(2)14-5-4-12(11-23)9-22(10-14)17(24)13-6-16-15(18-7-13)8-19-21(16)3/h6-8,12,14,23H,4-5,9-11H2,1-3H3/t12-,14+/m0/s1. The molecule has 3 rings (SSSR count). The Morgan fingerprint density at radius 1 is 1.33 bits per heavy atom. The normalized spacial score (nSPS) is 22.1. The average Bonchev–Trinajstić information content (AvgIpc) is 2.82. The van der Waals surface area contributed by atoms with Crippen molar-refractivity contribution < 1.29 is 9.90 Å². The Bertz CT molecular complexity index is 727. The van der Waals surface area contributed by atoms with E-state index >= 15 is 0 Å². The van der Waals surface area contributed by atoms with E-state index in [0.29, 0.717) is 24.7 Å². The Balaban J connectivity index is 1.88. The summed E-state index contributed by atoms with van der Waals surface area (Å²) in [4.78, 5) is 21.4. The number of likely N-dealkylation sites (tertiary alicyclic amines) is 1. The molecule has 7 nitrogen and oxygen atoms in total. The molecule has 1 N–H and O–H groups in total. The van der Waals surface area contributed by atoms with Crippen LogP contribution in [0, 0.1) is 5.92 Å². The number of aryl methyl sites for hydroxylation is 1. The van der Waals surface area contributed by atoms with E-state index in [4.69, 9.17) is 0 Å². The highest BCUT2D eigenvalue weighted by Crippen LogP contribution is 2.21. The highest BCUT2D eigenvalue weighted by atomic mass is 16.3. The molecule has 7 heteroatoms. The van der Waals surface area contributed by atoms with Crippen molar-refractivity contribution in [3.63, 3.8) is 0 Å². The molecule has 1 aliphatic rings. The molecule has 1 fully saturated rings. The number of fused-ring (bicyclic) bond motifs is 1. The van der Waals surface area contributed by atoms with Crippen LogP contribution in [0.5, 0.6) is 0 Å². The van der Waals surface area contributed by atoms with Crippen LogP contribution in [0.25, 0.3) is 11.0 Å². The molecule has 0 unspecified atom stereocenters. The van der Waals surface area contributed by atoms with Crippen LogP contribution in [0.15, 0.2) is 18.5 Å². The fraction of sp³-hybridized carbons (Fsp3) is 0.588. The van der Waals surface area contributed by atoms with Crippen molar-refractivity contribution in [3.05, 3.63) is 24.0 Å². The van der Waals surface area contributed by atoms with Gasteiger partial charge in [-0.3, -0.25) is 14.5 Å². The van der Waals surface area contributed by atoms with Gasteiger partial charge in [0.05, 0.1) is 17.3 Å². The second-order valence-electron chi connectivity index (χ2n) is 6.85. The van der Waals surface area contributed by atoms with Gasteiger partial charge in [-0.25, -0.2) is 0 Å². The molecule has 0 radical (unpaired) electrons. The van der Waals surface area contributed by atoms with Gasteiger partial charge in [-0.1, -0.05) is 0 Å². The quantitative estimate of drug-likeness (QED) is 0.898. The number of carbonyl (C=O) groups excluding carboxylic acids is 1. The average molecular weight is 331 g/mol. The summed E-state index contributed by atoms with van der Waals surface area (Å²) in [7, 11) is 5.92. The van der Waals surface area contributed by atoms with Crippen molar-refractivity contribution in [2.45, 2.75) is 18.9 Å². The van der Waals surface area contributed by atoms with Gasteiger partial charge < -0.3 is 14.9 Å². The van der Waals surface area contributed by atoms with Gasteiger partial charge in [-0.05, 0) is 38.9 Å². The minimum Gasteiger partial charge on any atom is -0.396 e. The number of carbonyl (C=O) groups is 1. The molecule has 0 bridgehead atoms. The van der Waals surface area contributed by atoms with Gasteiger partial charge in [0.15, 0.2) is 0 Å². The van der Waals surface area contributed by atoms with Gasteiger partial charge in [-0.2, -0.15) is 5.10 Å². The minimum atomic E-state index is -0.0298. The maximum Gasteiger partial charge on any atom is 0.255 e. The first-order chi connectivity index (χ1) is 11.5. The highest BCUT2D eigenvalue weighted by Gasteiger charge is 2.28. The van der Waals surface area contributed by atoms with Crippen LogP contribution in [0.3, 0.4) is 0 Å². The zero-order valence-corrected chi connectivity index (χ0v) is 14.5. The van der Waals surface area contributed by atoms with Crippen molar-refractivity contribution >= 4 is 16.9 Å². The number of aromatic nitrogens is 3. The molecule has 2 aromatic heterocycles. The summed E-state index contributed by atoms with van der Waals surface area (Å²) in [6.07, 6.45) is 5.23. The Kier molecular flexibility index (Phi) is 4.82. The van der Waals surface area contributed by atoms with E-state index in [1.807, 2.05) is 32.1 Å². The van der Waals surface area contributed by atoms with Crippen LogP contribution >= 0.6 is 0 Å². The number of rotatable bonds is 3. The maximum absolute atomic E-state index is 13.0. The highest BCUT2D eigenvalue weighted by molar-refractivity contribution is 5.96. The lowest BCUT2D eigenvalue weighted by Gasteiger charge is -2.29. The summed E-state index contributed by atoms with van der Waals surface area (Å²) in [5, 5.41) is 13.8. The number of aliphatic hydroxyl groups excluding tert-OH is 1. The molecule has 0 spiro atoms. The number of aliphatic hydroxyl groups is 1.